The highest BCUT2D eigenvalue weighted by atomic mass is 32.1. The van der Waals surface area contributed by atoms with E-state index in [1.54, 1.807) is 0 Å². The first-order chi connectivity index (χ1) is 15.0. The molecule has 0 saturated heterocycles. The number of nitrogens with one attached hydrogen (secondary N) is 2. The number of thiazole rings is 1. The summed E-state index contributed by atoms with van der Waals surface area (Å²) >= 11 is 1.47. The summed E-state index contributed by atoms with van der Waals surface area (Å²) in [6, 6.07) is 10.0. The van der Waals surface area contributed by atoms with Gasteiger partial charge in [-0.1, -0.05) is 17.4 Å². The van der Waals surface area contributed by atoms with Gasteiger partial charge in [0.1, 0.15) is 0 Å². The fourth-order valence-electron chi connectivity index (χ4n) is 6.41. The van der Waals surface area contributed by atoms with Crippen LogP contribution in [0.1, 0.15) is 41.5 Å². The van der Waals surface area contributed by atoms with Gasteiger partial charge in [-0.3, -0.25) is 0 Å². The van der Waals surface area contributed by atoms with Gasteiger partial charge < -0.3 is 32.4 Å². The van der Waals surface area contributed by atoms with Crippen LogP contribution in [0.2, 0.25) is 0 Å². The third kappa shape index (κ3) is 2.65. The molecule has 1 aliphatic heterocycles. The lowest BCUT2D eigenvalue weighted by Gasteiger charge is -2.47. The molecule has 7 atom stereocenters. The zero-order valence-electron chi connectivity index (χ0n) is 16.8. The number of fused-ring (bicyclic) bond motifs is 7. The minimum atomic E-state index is -0.738. The maximum atomic E-state index is 10.9. The van der Waals surface area contributed by atoms with Gasteiger partial charge in [0.15, 0.2) is 5.13 Å². The summed E-state index contributed by atoms with van der Waals surface area (Å²) in [7, 11) is 0. The Bertz CT molecular complexity index is 1210. The Morgan fingerprint density at radius 3 is 2.77 bits per heavy atom. The Labute approximate surface area is 183 Å². The van der Waals surface area contributed by atoms with Crippen molar-refractivity contribution in [1.29, 1.82) is 5.41 Å². The topological polar surface area (TPSA) is 141 Å². The summed E-state index contributed by atoms with van der Waals surface area (Å²) in [5.74, 6) is 0.238. The molecule has 3 aromatic rings. The molecule has 1 aromatic heterocycles. The predicted octanol–water partition coefficient (Wildman–Crippen LogP) is 3.09. The van der Waals surface area contributed by atoms with Gasteiger partial charge in [0.25, 0.3) is 0 Å². The average Bonchev–Trinajstić information content (AvgIpc) is 3.25. The molecule has 2 aromatic carbocycles. The van der Waals surface area contributed by atoms with Crippen molar-refractivity contribution in [3.63, 3.8) is 0 Å². The molecule has 2 aliphatic carbocycles. The quantitative estimate of drug-likeness (QED) is 0.270. The van der Waals surface area contributed by atoms with Crippen LogP contribution < -0.4 is 16.8 Å². The number of hydrogen-bond donors (Lipinski definition) is 6. The summed E-state index contributed by atoms with van der Waals surface area (Å²) in [6.45, 7) is 0. The summed E-state index contributed by atoms with van der Waals surface area (Å²) in [6.07, 6.45) is 1.49. The molecule has 0 amide bonds. The third-order valence-electron chi connectivity index (χ3n) is 7.68. The Morgan fingerprint density at radius 2 is 1.97 bits per heavy atom. The Hall–Kier alpha value is -2.68. The van der Waals surface area contributed by atoms with Crippen molar-refractivity contribution in [2.45, 2.75) is 37.0 Å². The minimum absolute atomic E-state index is 0.0216. The molecular weight excluding hydrogens is 410 g/mol. The van der Waals surface area contributed by atoms with Crippen LogP contribution in [0.4, 0.5) is 16.5 Å². The van der Waals surface area contributed by atoms with E-state index in [9.17, 15) is 10.2 Å². The van der Waals surface area contributed by atoms with Gasteiger partial charge in [0, 0.05) is 23.2 Å². The number of rotatable bonds is 2. The van der Waals surface area contributed by atoms with E-state index < -0.39 is 12.2 Å². The number of anilines is 3. The summed E-state index contributed by atoms with van der Waals surface area (Å²) < 4.78 is 1.04. The van der Waals surface area contributed by atoms with E-state index in [2.05, 4.69) is 22.4 Å². The number of nitrogen functional groups attached to an aromatic ring is 2. The molecule has 7 nitrogen and oxygen atoms in total. The molecule has 8 heteroatoms. The van der Waals surface area contributed by atoms with Crippen molar-refractivity contribution in [2.75, 3.05) is 16.8 Å². The van der Waals surface area contributed by atoms with Gasteiger partial charge in [-0.15, -0.1) is 0 Å². The van der Waals surface area contributed by atoms with Crippen molar-refractivity contribution in [2.24, 2.45) is 17.8 Å². The lowest BCUT2D eigenvalue weighted by atomic mass is 9.62. The number of nitrogens with two attached hydrogens (primary N) is 2. The maximum absolute atomic E-state index is 10.9. The number of aliphatic hydroxyl groups is 2. The van der Waals surface area contributed by atoms with Gasteiger partial charge in [0.05, 0.1) is 28.5 Å². The fraction of sp³-hybridized carbons (Fsp3) is 0.391. The fourth-order valence-corrected chi connectivity index (χ4v) is 7.20. The molecule has 31 heavy (non-hydrogen) atoms. The van der Waals surface area contributed by atoms with Gasteiger partial charge in [-0.25, -0.2) is 4.98 Å². The second-order valence-corrected chi connectivity index (χ2v) is 10.2. The third-order valence-corrected chi connectivity index (χ3v) is 8.53. The van der Waals surface area contributed by atoms with E-state index in [0.717, 1.165) is 45.4 Å². The SMILES string of the molecule is N=Cc1c(N)ccc2c1C1CC3CC(C(O)[C@@H]3O)[C@H]1[C@H](c1ccc3nc(N)sc3c1)N2. The van der Waals surface area contributed by atoms with Crippen LogP contribution in [0.3, 0.4) is 0 Å². The smallest absolute Gasteiger partial charge is 0.181 e. The summed E-state index contributed by atoms with van der Waals surface area (Å²) in [4.78, 5) is 4.37. The molecule has 0 spiro atoms. The molecular formula is C23H25N5O2S. The van der Waals surface area contributed by atoms with Crippen LogP contribution in [0, 0.1) is 23.2 Å². The van der Waals surface area contributed by atoms with E-state index in [0.29, 0.717) is 10.8 Å². The molecule has 2 bridgehead atoms. The van der Waals surface area contributed by atoms with Crippen molar-refractivity contribution >= 4 is 44.3 Å². The average molecular weight is 436 g/mol. The molecule has 0 radical (unpaired) electrons. The Morgan fingerprint density at radius 1 is 1.13 bits per heavy atom. The van der Waals surface area contributed by atoms with E-state index in [1.807, 2.05) is 18.2 Å². The van der Waals surface area contributed by atoms with Crippen LogP contribution >= 0.6 is 11.3 Å². The molecule has 160 valence electrons. The molecule has 2 heterocycles. The van der Waals surface area contributed by atoms with Crippen molar-refractivity contribution < 1.29 is 10.2 Å². The second-order valence-electron chi connectivity index (χ2n) is 9.14. The minimum Gasteiger partial charge on any atom is -0.398 e. The zero-order valence-corrected chi connectivity index (χ0v) is 17.6. The molecule has 2 saturated carbocycles. The molecule has 4 unspecified atom stereocenters. The second kappa shape index (κ2) is 6.66. The number of hydrogen-bond acceptors (Lipinski definition) is 8. The van der Waals surface area contributed by atoms with Crippen LogP contribution in [0.25, 0.3) is 10.2 Å². The molecule has 2 fully saturated rings. The van der Waals surface area contributed by atoms with Crippen molar-refractivity contribution in [3.05, 3.63) is 47.0 Å². The molecule has 3 aliphatic rings. The number of aromatic nitrogens is 1. The monoisotopic (exact) mass is 435 g/mol. The van der Waals surface area contributed by atoms with E-state index in [4.69, 9.17) is 16.9 Å². The highest BCUT2D eigenvalue weighted by Crippen LogP contribution is 2.60. The lowest BCUT2D eigenvalue weighted by Crippen LogP contribution is -2.41. The van der Waals surface area contributed by atoms with Crippen LogP contribution in [0.5, 0.6) is 0 Å². The first kappa shape index (κ1) is 19.0. The summed E-state index contributed by atoms with van der Waals surface area (Å²) in [5.41, 5.74) is 17.5. The van der Waals surface area contributed by atoms with Crippen molar-refractivity contribution in [3.8, 4) is 0 Å². The van der Waals surface area contributed by atoms with E-state index in [-0.39, 0.29) is 29.7 Å². The Kier molecular flexibility index (Phi) is 4.09. The van der Waals surface area contributed by atoms with Gasteiger partial charge >= 0.3 is 0 Å². The highest BCUT2D eigenvalue weighted by molar-refractivity contribution is 7.22. The van der Waals surface area contributed by atoms with Crippen LogP contribution in [0.15, 0.2) is 30.3 Å². The number of nitrogens with zero attached hydrogens (tertiary/aromatic N) is 1. The van der Waals surface area contributed by atoms with Crippen molar-refractivity contribution in [1.82, 2.24) is 4.98 Å². The zero-order chi connectivity index (χ0) is 21.4. The van der Waals surface area contributed by atoms with Gasteiger partial charge in [-0.2, -0.15) is 0 Å². The maximum Gasteiger partial charge on any atom is 0.181 e. The normalized spacial score (nSPS) is 33.5. The van der Waals surface area contributed by atoms with E-state index in [1.165, 1.54) is 17.6 Å². The number of benzene rings is 2. The first-order valence-corrected chi connectivity index (χ1v) is 11.5. The van der Waals surface area contributed by atoms with E-state index >= 15 is 0 Å². The predicted molar refractivity (Wildman–Crippen MR) is 124 cm³/mol. The molecule has 8 N–H and O–H groups in total. The Balaban J connectivity index is 1.54. The van der Waals surface area contributed by atoms with Gasteiger partial charge in [-0.05, 0) is 71.9 Å². The largest absolute Gasteiger partial charge is 0.398 e. The first-order valence-electron chi connectivity index (χ1n) is 10.7. The lowest BCUT2D eigenvalue weighted by molar-refractivity contribution is 0.00102. The number of aliphatic hydroxyl groups excluding tert-OH is 2. The molecule has 6 rings (SSSR count). The summed E-state index contributed by atoms with van der Waals surface area (Å²) in [5, 5.41) is 33.8. The highest BCUT2D eigenvalue weighted by Gasteiger charge is 2.56. The van der Waals surface area contributed by atoms with Crippen LogP contribution in [-0.4, -0.2) is 33.6 Å². The van der Waals surface area contributed by atoms with Crippen LogP contribution in [-0.2, 0) is 0 Å². The van der Waals surface area contributed by atoms with Gasteiger partial charge in [0.2, 0.25) is 0 Å². The standard InChI is InChI=1S/C23H25N5O2S/c24-8-13-14(25)2-4-16-18(13)11-5-10-6-12(22(30)21(10)29)19(11)20(27-16)9-1-3-15-17(7-9)31-23(26)28-15/h1-4,7-8,10-12,19-22,24,27,29-30H,5-6,25H2,(H2,26,28)/t10?,11?,12?,19-,20-,21+,22?/m0/s1.